The molecule has 0 spiro atoms. The van der Waals surface area contributed by atoms with Crippen LogP contribution in [0.4, 0.5) is 11.4 Å². The maximum atomic E-state index is 12.2. The van der Waals surface area contributed by atoms with E-state index < -0.39 is 10.9 Å². The van der Waals surface area contributed by atoms with E-state index in [4.69, 9.17) is 4.74 Å². The Morgan fingerprint density at radius 3 is 2.70 bits per heavy atom. The first kappa shape index (κ1) is 19.9. The predicted molar refractivity (Wildman–Crippen MR) is 106 cm³/mol. The summed E-state index contributed by atoms with van der Waals surface area (Å²) in [5, 5.41) is 3.19. The summed E-state index contributed by atoms with van der Waals surface area (Å²) >= 11 is 0. The molecule has 2 saturated heterocycles. The Bertz CT molecular complexity index is 725. The summed E-state index contributed by atoms with van der Waals surface area (Å²) in [5.74, 6) is -0.445. The first-order valence-electron chi connectivity index (χ1n) is 10.3. The van der Waals surface area contributed by atoms with Gasteiger partial charge < -0.3 is 15.0 Å². The molecule has 0 amide bonds. The van der Waals surface area contributed by atoms with Gasteiger partial charge in [0.05, 0.1) is 12.5 Å². The highest BCUT2D eigenvalue weighted by Gasteiger charge is 2.32. The highest BCUT2D eigenvalue weighted by Crippen LogP contribution is 2.27. The van der Waals surface area contributed by atoms with Gasteiger partial charge in [-0.2, -0.15) is 0 Å². The van der Waals surface area contributed by atoms with Gasteiger partial charge in [-0.25, -0.2) is 0 Å². The summed E-state index contributed by atoms with van der Waals surface area (Å²) in [6.07, 6.45) is 5.30. The zero-order valence-electron chi connectivity index (χ0n) is 16.5. The number of carbonyl (C=O) groups is 1. The van der Waals surface area contributed by atoms with Crippen molar-refractivity contribution in [3.63, 3.8) is 0 Å². The van der Waals surface area contributed by atoms with E-state index in [2.05, 4.69) is 17.1 Å². The maximum absolute atomic E-state index is 12.2. The van der Waals surface area contributed by atoms with Crippen LogP contribution in [0.25, 0.3) is 0 Å². The van der Waals surface area contributed by atoms with Crippen molar-refractivity contribution >= 4 is 17.3 Å². The minimum atomic E-state index is -0.437. The van der Waals surface area contributed by atoms with Gasteiger partial charge >= 0.3 is 5.97 Å². The average molecular weight is 377 g/mol. The topological polar surface area (TPSA) is 79.0 Å². The summed E-state index contributed by atoms with van der Waals surface area (Å²) in [6, 6.07) is 0.570. The van der Waals surface area contributed by atoms with E-state index in [0.717, 1.165) is 25.9 Å². The summed E-state index contributed by atoms with van der Waals surface area (Å²) in [6.45, 7) is 8.14. The monoisotopic (exact) mass is 377 g/mol. The van der Waals surface area contributed by atoms with Crippen molar-refractivity contribution in [1.82, 2.24) is 4.90 Å². The number of ether oxygens (including phenoxy) is 1. The fraction of sp³-hybridized carbons (Fsp3) is 0.750. The number of esters is 1. The number of anilines is 2. The lowest BCUT2D eigenvalue weighted by atomic mass is 9.96. The van der Waals surface area contributed by atoms with Gasteiger partial charge in [-0.05, 0) is 46.1 Å². The molecule has 2 aliphatic heterocycles. The third kappa shape index (κ3) is 4.34. The van der Waals surface area contributed by atoms with Crippen LogP contribution in [0.15, 0.2) is 9.59 Å². The molecule has 3 rings (SSSR count). The highest BCUT2D eigenvalue weighted by atomic mass is 16.5. The number of piperidine rings is 2. The third-order valence-corrected chi connectivity index (χ3v) is 5.88. The van der Waals surface area contributed by atoms with E-state index in [1.165, 1.54) is 19.3 Å². The lowest BCUT2D eigenvalue weighted by Crippen LogP contribution is -2.48. The molecule has 7 heteroatoms. The molecular weight excluding hydrogens is 346 g/mol. The molecule has 0 bridgehead atoms. The molecule has 0 radical (unpaired) electrons. The van der Waals surface area contributed by atoms with Gasteiger partial charge in [0, 0.05) is 32.2 Å². The van der Waals surface area contributed by atoms with Crippen LogP contribution in [0, 0.1) is 5.92 Å². The molecule has 1 N–H and O–H groups in total. The first-order valence-corrected chi connectivity index (χ1v) is 10.3. The second-order valence-corrected chi connectivity index (χ2v) is 7.73. The highest BCUT2D eigenvalue weighted by molar-refractivity contribution is 5.78. The normalized spacial score (nSPS) is 24.1. The Morgan fingerprint density at radius 2 is 1.96 bits per heavy atom. The Morgan fingerprint density at radius 1 is 1.15 bits per heavy atom. The van der Waals surface area contributed by atoms with Gasteiger partial charge in [0.1, 0.15) is 11.4 Å². The van der Waals surface area contributed by atoms with Gasteiger partial charge in [-0.3, -0.25) is 19.3 Å². The molecular formula is C20H31N3O4. The second-order valence-electron chi connectivity index (χ2n) is 7.73. The summed E-state index contributed by atoms with van der Waals surface area (Å²) in [5.41, 5.74) is 0.0122. The standard InChI is InChI=1S/C20H31N3O4/c1-3-27-20(26)15-8-6-11-23(13-15)17-16(18(24)19(17)25)21-9-12-22-10-5-4-7-14(22)2/h14-15,21H,3-13H2,1-2H3/t14-,15-/m0/s1. The van der Waals surface area contributed by atoms with Crippen LogP contribution in [0.1, 0.15) is 46.0 Å². The summed E-state index contributed by atoms with van der Waals surface area (Å²) in [4.78, 5) is 40.6. The molecule has 2 heterocycles. The van der Waals surface area contributed by atoms with E-state index in [1.807, 2.05) is 4.90 Å². The molecule has 2 fully saturated rings. The van der Waals surface area contributed by atoms with E-state index in [9.17, 15) is 14.4 Å². The van der Waals surface area contributed by atoms with E-state index in [0.29, 0.717) is 43.7 Å². The zero-order chi connectivity index (χ0) is 19.4. The van der Waals surface area contributed by atoms with Gasteiger partial charge in [0.15, 0.2) is 0 Å². The molecule has 2 aliphatic rings. The van der Waals surface area contributed by atoms with Crippen LogP contribution in [0.5, 0.6) is 0 Å². The van der Waals surface area contributed by atoms with Crippen molar-refractivity contribution in [2.24, 2.45) is 5.92 Å². The Labute approximate surface area is 160 Å². The SMILES string of the molecule is CCOC(=O)[C@H]1CCCN(c2c(NCCN3CCCC[C@@H]3C)c(=O)c2=O)C1. The lowest BCUT2D eigenvalue weighted by molar-refractivity contribution is -0.148. The van der Waals surface area contributed by atoms with Crippen molar-refractivity contribution in [3.8, 4) is 0 Å². The van der Waals surface area contributed by atoms with E-state index in [-0.39, 0.29) is 11.9 Å². The Hall–Kier alpha value is -1.89. The van der Waals surface area contributed by atoms with Gasteiger partial charge in [-0.15, -0.1) is 0 Å². The van der Waals surface area contributed by atoms with Crippen LogP contribution < -0.4 is 21.1 Å². The smallest absolute Gasteiger partial charge is 0.310 e. The predicted octanol–water partition coefficient (Wildman–Crippen LogP) is 1.35. The number of rotatable bonds is 7. The fourth-order valence-corrected chi connectivity index (χ4v) is 4.29. The largest absolute Gasteiger partial charge is 0.466 e. The number of nitrogens with zero attached hydrogens (tertiary/aromatic N) is 2. The minimum Gasteiger partial charge on any atom is -0.466 e. The second kappa shape index (κ2) is 8.87. The summed E-state index contributed by atoms with van der Waals surface area (Å²) in [7, 11) is 0. The fourth-order valence-electron chi connectivity index (χ4n) is 4.29. The molecule has 7 nitrogen and oxygen atoms in total. The van der Waals surface area contributed by atoms with Crippen molar-refractivity contribution in [3.05, 3.63) is 20.4 Å². The number of hydrogen-bond donors (Lipinski definition) is 1. The van der Waals surface area contributed by atoms with Crippen LogP contribution in [-0.4, -0.2) is 56.2 Å². The molecule has 0 unspecified atom stereocenters. The molecule has 0 aromatic heterocycles. The maximum Gasteiger partial charge on any atom is 0.310 e. The Kier molecular flexibility index (Phi) is 6.52. The first-order chi connectivity index (χ1) is 13.0. The molecule has 1 aromatic carbocycles. The molecule has 27 heavy (non-hydrogen) atoms. The zero-order valence-corrected chi connectivity index (χ0v) is 16.5. The quantitative estimate of drug-likeness (QED) is 0.567. The molecule has 150 valence electrons. The number of likely N-dealkylation sites (tertiary alicyclic amines) is 1. The van der Waals surface area contributed by atoms with Crippen LogP contribution >= 0.6 is 0 Å². The van der Waals surface area contributed by atoms with Crippen LogP contribution in [-0.2, 0) is 9.53 Å². The van der Waals surface area contributed by atoms with E-state index in [1.54, 1.807) is 6.92 Å². The number of hydrogen-bond acceptors (Lipinski definition) is 7. The third-order valence-electron chi connectivity index (χ3n) is 5.88. The average Bonchev–Trinajstić information content (AvgIpc) is 2.68. The van der Waals surface area contributed by atoms with Crippen LogP contribution in [0.2, 0.25) is 0 Å². The molecule has 1 aromatic rings. The van der Waals surface area contributed by atoms with Gasteiger partial charge in [0.25, 0.3) is 10.9 Å². The number of nitrogens with one attached hydrogen (secondary N) is 1. The Balaban J connectivity index is 1.60. The molecule has 2 atom stereocenters. The van der Waals surface area contributed by atoms with Crippen molar-refractivity contribution < 1.29 is 9.53 Å². The van der Waals surface area contributed by atoms with Crippen LogP contribution in [0.3, 0.4) is 0 Å². The lowest BCUT2D eigenvalue weighted by Gasteiger charge is -2.35. The van der Waals surface area contributed by atoms with Crippen molar-refractivity contribution in [1.29, 1.82) is 0 Å². The van der Waals surface area contributed by atoms with E-state index >= 15 is 0 Å². The van der Waals surface area contributed by atoms with Gasteiger partial charge in [-0.1, -0.05) is 6.42 Å². The number of carbonyl (C=O) groups excluding carboxylic acids is 1. The molecule has 0 saturated carbocycles. The minimum absolute atomic E-state index is 0.213. The van der Waals surface area contributed by atoms with Gasteiger partial charge in [0.2, 0.25) is 0 Å². The summed E-state index contributed by atoms with van der Waals surface area (Å²) < 4.78 is 5.12. The molecule has 0 aliphatic carbocycles. The van der Waals surface area contributed by atoms with Crippen molar-refractivity contribution in [2.45, 2.75) is 52.0 Å². The van der Waals surface area contributed by atoms with Crippen molar-refractivity contribution in [2.75, 3.05) is 49.5 Å².